The van der Waals surface area contributed by atoms with Crippen LogP contribution >= 0.6 is 0 Å². The van der Waals surface area contributed by atoms with Gasteiger partial charge in [-0.1, -0.05) is 12.8 Å². The molecule has 0 aromatic heterocycles. The predicted molar refractivity (Wildman–Crippen MR) is 105 cm³/mol. The van der Waals surface area contributed by atoms with Gasteiger partial charge < -0.3 is 19.5 Å². The first-order valence-corrected chi connectivity index (χ1v) is 9.53. The van der Waals surface area contributed by atoms with Crippen molar-refractivity contribution in [3.8, 4) is 17.2 Å². The van der Waals surface area contributed by atoms with Crippen molar-refractivity contribution in [3.63, 3.8) is 0 Å². The Morgan fingerprint density at radius 3 is 2.41 bits per heavy atom. The number of amides is 1. The molecule has 0 saturated heterocycles. The number of hydrogen-bond donors (Lipinski definition) is 1. The summed E-state index contributed by atoms with van der Waals surface area (Å²) in [5.41, 5.74) is 1.49. The van der Waals surface area contributed by atoms with Gasteiger partial charge in [-0.25, -0.2) is 0 Å². The number of rotatable bonds is 8. The van der Waals surface area contributed by atoms with Gasteiger partial charge in [-0.2, -0.15) is 0 Å². The average molecular weight is 369 g/mol. The zero-order chi connectivity index (χ0) is 19.1. The number of carbonyl (C=O) groups is 1. The van der Waals surface area contributed by atoms with Crippen LogP contribution in [0.3, 0.4) is 0 Å². The molecule has 0 heterocycles. The van der Waals surface area contributed by atoms with Gasteiger partial charge in [0.15, 0.2) is 0 Å². The Labute approximate surface area is 160 Å². The quantitative estimate of drug-likeness (QED) is 0.752. The lowest BCUT2D eigenvalue weighted by Crippen LogP contribution is -2.32. The van der Waals surface area contributed by atoms with Gasteiger partial charge in [0.1, 0.15) is 23.9 Å². The molecule has 0 unspecified atom stereocenters. The number of ether oxygens (including phenoxy) is 3. The van der Waals surface area contributed by atoms with Crippen molar-refractivity contribution in [3.05, 3.63) is 53.6 Å². The molecule has 27 heavy (non-hydrogen) atoms. The second kappa shape index (κ2) is 9.31. The summed E-state index contributed by atoms with van der Waals surface area (Å²) in [5, 5.41) is 3.13. The molecular formula is C22H27NO4. The summed E-state index contributed by atoms with van der Waals surface area (Å²) < 4.78 is 16.7. The van der Waals surface area contributed by atoms with E-state index in [9.17, 15) is 4.79 Å². The van der Waals surface area contributed by atoms with Gasteiger partial charge in [-0.15, -0.1) is 0 Å². The molecule has 1 aliphatic rings. The van der Waals surface area contributed by atoms with Gasteiger partial charge in [0.05, 0.1) is 13.7 Å². The third-order valence-corrected chi connectivity index (χ3v) is 4.77. The van der Waals surface area contributed by atoms with E-state index >= 15 is 0 Å². The van der Waals surface area contributed by atoms with E-state index in [-0.39, 0.29) is 5.91 Å². The molecule has 2 aromatic rings. The van der Waals surface area contributed by atoms with E-state index in [1.165, 1.54) is 12.8 Å². The Bertz CT molecular complexity index is 751. The van der Waals surface area contributed by atoms with Crippen molar-refractivity contribution in [1.29, 1.82) is 0 Å². The molecule has 5 nitrogen and oxygen atoms in total. The highest BCUT2D eigenvalue weighted by atomic mass is 16.5. The molecule has 3 rings (SSSR count). The van der Waals surface area contributed by atoms with Gasteiger partial charge in [0.25, 0.3) is 5.91 Å². The lowest BCUT2D eigenvalue weighted by molar-refractivity contribution is 0.0937. The standard InChI is InChI=1S/C22H27NO4/c1-3-26-21-13-8-16(22(24)23-18-6-4-5-7-18)14-17(21)15-27-20-11-9-19(25-2)10-12-20/h8-14,18H,3-7,15H2,1-2H3,(H,23,24). The fourth-order valence-corrected chi connectivity index (χ4v) is 3.30. The minimum atomic E-state index is -0.0318. The SMILES string of the molecule is CCOc1ccc(C(=O)NC2CCCC2)cc1COc1ccc(OC)cc1. The molecule has 1 N–H and O–H groups in total. The van der Waals surface area contributed by atoms with Crippen LogP contribution in [0.25, 0.3) is 0 Å². The summed E-state index contributed by atoms with van der Waals surface area (Å²) in [5.74, 6) is 2.22. The fourth-order valence-electron chi connectivity index (χ4n) is 3.30. The van der Waals surface area contributed by atoms with Crippen molar-refractivity contribution in [2.24, 2.45) is 0 Å². The van der Waals surface area contributed by atoms with Crippen LogP contribution in [0.1, 0.15) is 48.5 Å². The van der Waals surface area contributed by atoms with E-state index < -0.39 is 0 Å². The van der Waals surface area contributed by atoms with Crippen LogP contribution in [0.15, 0.2) is 42.5 Å². The molecule has 0 spiro atoms. The largest absolute Gasteiger partial charge is 0.497 e. The van der Waals surface area contributed by atoms with Crippen molar-refractivity contribution in [1.82, 2.24) is 5.32 Å². The number of hydrogen-bond acceptors (Lipinski definition) is 4. The van der Waals surface area contributed by atoms with Gasteiger partial charge in [-0.05, 0) is 62.2 Å². The molecule has 5 heteroatoms. The van der Waals surface area contributed by atoms with Crippen LogP contribution in [0.2, 0.25) is 0 Å². The molecule has 1 amide bonds. The Morgan fingerprint density at radius 2 is 1.74 bits per heavy atom. The van der Waals surface area contributed by atoms with Gasteiger partial charge in [0, 0.05) is 17.2 Å². The highest BCUT2D eigenvalue weighted by molar-refractivity contribution is 5.94. The first-order chi connectivity index (χ1) is 13.2. The van der Waals surface area contributed by atoms with Crippen molar-refractivity contribution < 1.29 is 19.0 Å². The summed E-state index contributed by atoms with van der Waals surface area (Å²) in [6.07, 6.45) is 4.51. The summed E-state index contributed by atoms with van der Waals surface area (Å²) in [6, 6.07) is 13.2. The maximum atomic E-state index is 12.6. The van der Waals surface area contributed by atoms with E-state index in [4.69, 9.17) is 14.2 Å². The van der Waals surface area contributed by atoms with Crippen LogP contribution in [-0.2, 0) is 6.61 Å². The van der Waals surface area contributed by atoms with Crippen LogP contribution in [0, 0.1) is 0 Å². The normalized spacial score (nSPS) is 14.0. The highest BCUT2D eigenvalue weighted by Gasteiger charge is 2.19. The lowest BCUT2D eigenvalue weighted by atomic mass is 10.1. The van der Waals surface area contributed by atoms with Crippen LogP contribution in [0.4, 0.5) is 0 Å². The van der Waals surface area contributed by atoms with Crippen LogP contribution < -0.4 is 19.5 Å². The first kappa shape index (κ1) is 19.1. The molecule has 1 fully saturated rings. The number of nitrogens with one attached hydrogen (secondary N) is 1. The Morgan fingerprint density at radius 1 is 1.04 bits per heavy atom. The predicted octanol–water partition coefficient (Wildman–Crippen LogP) is 4.35. The number of carbonyl (C=O) groups excluding carboxylic acids is 1. The second-order valence-electron chi connectivity index (χ2n) is 6.67. The average Bonchev–Trinajstić information content (AvgIpc) is 3.20. The van der Waals surface area contributed by atoms with E-state index in [1.54, 1.807) is 7.11 Å². The van der Waals surface area contributed by atoms with E-state index in [1.807, 2.05) is 49.4 Å². The second-order valence-corrected chi connectivity index (χ2v) is 6.67. The summed E-state index contributed by atoms with van der Waals surface area (Å²) >= 11 is 0. The Hall–Kier alpha value is -2.69. The zero-order valence-corrected chi connectivity index (χ0v) is 16.0. The van der Waals surface area contributed by atoms with E-state index in [2.05, 4.69) is 5.32 Å². The lowest BCUT2D eigenvalue weighted by Gasteiger charge is -2.15. The fraction of sp³-hybridized carbons (Fsp3) is 0.409. The Balaban J connectivity index is 1.71. The molecule has 1 aliphatic carbocycles. The molecule has 1 saturated carbocycles. The molecule has 0 aliphatic heterocycles. The smallest absolute Gasteiger partial charge is 0.251 e. The zero-order valence-electron chi connectivity index (χ0n) is 16.0. The maximum Gasteiger partial charge on any atom is 0.251 e. The molecular weight excluding hydrogens is 342 g/mol. The van der Waals surface area contributed by atoms with Gasteiger partial charge in [0.2, 0.25) is 0 Å². The molecule has 0 radical (unpaired) electrons. The minimum absolute atomic E-state index is 0.0318. The number of methoxy groups -OCH3 is 1. The van der Waals surface area contributed by atoms with Gasteiger partial charge in [-0.3, -0.25) is 4.79 Å². The van der Waals surface area contributed by atoms with Crippen LogP contribution in [0.5, 0.6) is 17.2 Å². The van der Waals surface area contributed by atoms with Crippen LogP contribution in [-0.4, -0.2) is 25.7 Å². The summed E-state index contributed by atoms with van der Waals surface area (Å²) in [7, 11) is 1.63. The highest BCUT2D eigenvalue weighted by Crippen LogP contribution is 2.25. The Kier molecular flexibility index (Phi) is 6.58. The first-order valence-electron chi connectivity index (χ1n) is 9.53. The van der Waals surface area contributed by atoms with Crippen molar-refractivity contribution in [2.45, 2.75) is 45.3 Å². The minimum Gasteiger partial charge on any atom is -0.497 e. The van der Waals surface area contributed by atoms with Crippen molar-refractivity contribution >= 4 is 5.91 Å². The monoisotopic (exact) mass is 369 g/mol. The molecule has 0 atom stereocenters. The molecule has 2 aromatic carbocycles. The summed E-state index contributed by atoms with van der Waals surface area (Å²) in [6.45, 7) is 2.82. The third kappa shape index (κ3) is 5.16. The topological polar surface area (TPSA) is 56.8 Å². The third-order valence-electron chi connectivity index (χ3n) is 4.77. The maximum absolute atomic E-state index is 12.6. The van der Waals surface area contributed by atoms with Gasteiger partial charge >= 0.3 is 0 Å². The van der Waals surface area contributed by atoms with Crippen molar-refractivity contribution in [2.75, 3.05) is 13.7 Å². The van der Waals surface area contributed by atoms with E-state index in [0.717, 1.165) is 35.7 Å². The molecule has 0 bridgehead atoms. The van der Waals surface area contributed by atoms with E-state index in [0.29, 0.717) is 24.8 Å². The molecule has 144 valence electrons. The summed E-state index contributed by atoms with van der Waals surface area (Å²) in [4.78, 5) is 12.6. The number of benzene rings is 2.